The third-order valence-electron chi connectivity index (χ3n) is 3.74. The van der Waals surface area contributed by atoms with Crippen LogP contribution in [-0.4, -0.2) is 21.3 Å². The molecule has 4 nitrogen and oxygen atoms in total. The summed E-state index contributed by atoms with van der Waals surface area (Å²) in [6.07, 6.45) is 2.95. The van der Waals surface area contributed by atoms with Gasteiger partial charge in [0.2, 0.25) is 0 Å². The molecule has 1 aromatic carbocycles. The zero-order chi connectivity index (χ0) is 14.7. The first-order valence-corrected chi connectivity index (χ1v) is 8.18. The van der Waals surface area contributed by atoms with E-state index in [1.807, 2.05) is 18.2 Å². The summed E-state index contributed by atoms with van der Waals surface area (Å²) in [5, 5.41) is 9.97. The van der Waals surface area contributed by atoms with Crippen molar-refractivity contribution in [2.24, 2.45) is 0 Å². The van der Waals surface area contributed by atoms with Crippen LogP contribution in [0, 0.1) is 0 Å². The molecule has 0 saturated heterocycles. The van der Waals surface area contributed by atoms with Gasteiger partial charge in [-0.1, -0.05) is 30.3 Å². The molecule has 1 N–H and O–H groups in total. The number of benzene rings is 1. The predicted molar refractivity (Wildman–Crippen MR) is 83.6 cm³/mol. The molecule has 1 aliphatic rings. The molecular formula is C16H18N2O2S. The molecule has 21 heavy (non-hydrogen) atoms. The first-order chi connectivity index (χ1) is 10.3. The van der Waals surface area contributed by atoms with Crippen molar-refractivity contribution in [3.05, 3.63) is 57.6 Å². The van der Waals surface area contributed by atoms with Crippen LogP contribution in [0.4, 0.5) is 0 Å². The lowest BCUT2D eigenvalue weighted by atomic mass is 10.2. The minimum atomic E-state index is -0.236. The van der Waals surface area contributed by atoms with E-state index in [4.69, 9.17) is 5.11 Å². The Hall–Kier alpha value is -1.59. The molecule has 0 fully saturated rings. The molecule has 0 bridgehead atoms. The molecule has 5 heteroatoms. The average molecular weight is 302 g/mol. The molecule has 0 amide bonds. The van der Waals surface area contributed by atoms with Crippen molar-refractivity contribution in [1.29, 1.82) is 0 Å². The van der Waals surface area contributed by atoms with Crippen molar-refractivity contribution in [2.45, 2.75) is 36.6 Å². The van der Waals surface area contributed by atoms with Crippen LogP contribution in [0.25, 0.3) is 0 Å². The molecule has 1 aromatic heterocycles. The lowest BCUT2D eigenvalue weighted by Gasteiger charge is -2.13. The Kier molecular flexibility index (Phi) is 4.41. The van der Waals surface area contributed by atoms with E-state index in [0.717, 1.165) is 35.7 Å². The number of fused-ring (bicyclic) bond motifs is 1. The van der Waals surface area contributed by atoms with Crippen LogP contribution >= 0.6 is 11.8 Å². The number of nitrogens with zero attached hydrogens (tertiary/aromatic N) is 2. The minimum Gasteiger partial charge on any atom is -0.395 e. The fourth-order valence-corrected chi connectivity index (χ4v) is 3.79. The Morgan fingerprint density at radius 1 is 1.24 bits per heavy atom. The monoisotopic (exact) mass is 302 g/mol. The van der Waals surface area contributed by atoms with Crippen LogP contribution in [-0.2, 0) is 25.1 Å². The number of aliphatic hydroxyl groups is 1. The second kappa shape index (κ2) is 6.45. The number of hydrogen-bond donors (Lipinski definition) is 1. The molecule has 0 atom stereocenters. The number of aliphatic hydroxyl groups excluding tert-OH is 1. The van der Waals surface area contributed by atoms with Gasteiger partial charge in [0.25, 0.3) is 0 Å². The van der Waals surface area contributed by atoms with Crippen molar-refractivity contribution in [1.82, 2.24) is 9.55 Å². The molecule has 0 radical (unpaired) electrons. The van der Waals surface area contributed by atoms with E-state index in [0.29, 0.717) is 6.54 Å². The maximum Gasteiger partial charge on any atom is 0.348 e. The fraction of sp³-hybridized carbons (Fsp3) is 0.375. The zero-order valence-corrected chi connectivity index (χ0v) is 12.6. The number of aromatic nitrogens is 2. The Balaban J connectivity index is 1.88. The van der Waals surface area contributed by atoms with Crippen LogP contribution in [0.5, 0.6) is 0 Å². The molecule has 1 heterocycles. The lowest BCUT2D eigenvalue weighted by Crippen LogP contribution is -2.28. The summed E-state index contributed by atoms with van der Waals surface area (Å²) in [5.41, 5.74) is 3.26. The molecule has 3 rings (SSSR count). The van der Waals surface area contributed by atoms with Gasteiger partial charge in [0.05, 0.1) is 13.2 Å². The zero-order valence-electron chi connectivity index (χ0n) is 11.8. The summed E-state index contributed by atoms with van der Waals surface area (Å²) >= 11 is 1.63. The van der Waals surface area contributed by atoms with Crippen molar-refractivity contribution in [3.63, 3.8) is 0 Å². The van der Waals surface area contributed by atoms with Crippen molar-refractivity contribution in [3.8, 4) is 0 Å². The van der Waals surface area contributed by atoms with Crippen LogP contribution in [0.3, 0.4) is 0 Å². The van der Waals surface area contributed by atoms with Crippen LogP contribution in [0.15, 0.2) is 40.2 Å². The largest absolute Gasteiger partial charge is 0.395 e. The van der Waals surface area contributed by atoms with E-state index in [1.54, 1.807) is 16.3 Å². The fourth-order valence-electron chi connectivity index (χ4n) is 2.76. The molecular weight excluding hydrogens is 284 g/mol. The summed E-state index contributed by atoms with van der Waals surface area (Å²) in [6, 6.07) is 10.2. The van der Waals surface area contributed by atoms with Gasteiger partial charge in [0.15, 0.2) is 0 Å². The SMILES string of the molecule is O=c1nc(SCc2ccccc2)c2c(n1CCO)CCC2. The van der Waals surface area contributed by atoms with Gasteiger partial charge in [0.1, 0.15) is 5.03 Å². The Morgan fingerprint density at radius 3 is 2.81 bits per heavy atom. The summed E-state index contributed by atoms with van der Waals surface area (Å²) < 4.78 is 1.63. The van der Waals surface area contributed by atoms with E-state index in [9.17, 15) is 4.79 Å². The van der Waals surface area contributed by atoms with Gasteiger partial charge in [-0.15, -0.1) is 11.8 Å². The average Bonchev–Trinajstić information content (AvgIpc) is 2.99. The van der Waals surface area contributed by atoms with Crippen molar-refractivity contribution >= 4 is 11.8 Å². The molecule has 110 valence electrons. The highest BCUT2D eigenvalue weighted by Crippen LogP contribution is 2.30. The standard InChI is InChI=1S/C16H18N2O2S/c19-10-9-18-14-8-4-7-13(14)15(17-16(18)20)21-11-12-5-2-1-3-6-12/h1-3,5-6,19H,4,7-11H2. The lowest BCUT2D eigenvalue weighted by molar-refractivity contribution is 0.271. The molecule has 0 spiro atoms. The van der Waals surface area contributed by atoms with Gasteiger partial charge in [0, 0.05) is 17.0 Å². The highest BCUT2D eigenvalue weighted by Gasteiger charge is 2.21. The first kappa shape index (κ1) is 14.4. The third kappa shape index (κ3) is 3.04. The molecule has 0 saturated carbocycles. The second-order valence-corrected chi connectivity index (χ2v) is 6.09. The van der Waals surface area contributed by atoms with Crippen LogP contribution in [0.2, 0.25) is 0 Å². The highest BCUT2D eigenvalue weighted by atomic mass is 32.2. The number of rotatable bonds is 5. The van der Waals surface area contributed by atoms with E-state index in [2.05, 4.69) is 17.1 Å². The second-order valence-electron chi connectivity index (χ2n) is 5.13. The first-order valence-electron chi connectivity index (χ1n) is 7.20. The van der Waals surface area contributed by atoms with Gasteiger partial charge in [-0.3, -0.25) is 4.57 Å². The topological polar surface area (TPSA) is 55.1 Å². The maximum atomic E-state index is 12.1. The maximum absolute atomic E-state index is 12.1. The summed E-state index contributed by atoms with van der Waals surface area (Å²) in [6.45, 7) is 0.322. The number of thioether (sulfide) groups is 1. The van der Waals surface area contributed by atoms with Crippen LogP contribution in [0.1, 0.15) is 23.2 Å². The van der Waals surface area contributed by atoms with Gasteiger partial charge in [-0.25, -0.2) is 4.79 Å². The quantitative estimate of drug-likeness (QED) is 0.678. The Bertz CT molecular complexity index is 683. The Labute approximate surface area is 127 Å². The molecule has 2 aromatic rings. The smallest absolute Gasteiger partial charge is 0.348 e. The van der Waals surface area contributed by atoms with Crippen molar-refractivity contribution in [2.75, 3.05) is 6.61 Å². The molecule has 0 aliphatic heterocycles. The minimum absolute atomic E-state index is 0.0233. The third-order valence-corrected chi connectivity index (χ3v) is 4.83. The predicted octanol–water partition coefficient (Wildman–Crippen LogP) is 2.02. The summed E-state index contributed by atoms with van der Waals surface area (Å²) in [4.78, 5) is 16.4. The molecule has 1 aliphatic carbocycles. The van der Waals surface area contributed by atoms with Gasteiger partial charge in [-0.2, -0.15) is 4.98 Å². The summed E-state index contributed by atoms with van der Waals surface area (Å²) in [5.74, 6) is 0.823. The van der Waals surface area contributed by atoms with Crippen LogP contribution < -0.4 is 5.69 Å². The van der Waals surface area contributed by atoms with Gasteiger partial charge < -0.3 is 5.11 Å². The van der Waals surface area contributed by atoms with Gasteiger partial charge >= 0.3 is 5.69 Å². The Morgan fingerprint density at radius 2 is 2.05 bits per heavy atom. The van der Waals surface area contributed by atoms with Gasteiger partial charge in [-0.05, 0) is 24.8 Å². The van der Waals surface area contributed by atoms with Crippen molar-refractivity contribution < 1.29 is 5.11 Å². The van der Waals surface area contributed by atoms with E-state index in [-0.39, 0.29) is 12.3 Å². The highest BCUT2D eigenvalue weighted by molar-refractivity contribution is 7.98. The normalized spacial score (nSPS) is 13.4. The van der Waals surface area contributed by atoms with E-state index in [1.165, 1.54) is 11.1 Å². The van der Waals surface area contributed by atoms with E-state index >= 15 is 0 Å². The summed E-state index contributed by atoms with van der Waals surface area (Å²) in [7, 11) is 0. The van der Waals surface area contributed by atoms with E-state index < -0.39 is 0 Å². The molecule has 0 unspecified atom stereocenters. The number of hydrogen-bond acceptors (Lipinski definition) is 4.